The van der Waals surface area contributed by atoms with Crippen molar-refractivity contribution in [2.75, 3.05) is 6.61 Å². The SMILES string of the molecule is Cc1ccc(COC[C@H]2OC(C)[C@@H](F)[C@@H]2OCc2ccc(C)cc2)cc1. The highest BCUT2D eigenvalue weighted by molar-refractivity contribution is 5.21. The zero-order chi connectivity index (χ0) is 18.5. The number of hydrogen-bond acceptors (Lipinski definition) is 3. The molecule has 2 aromatic carbocycles. The van der Waals surface area contributed by atoms with Crippen LogP contribution in [-0.2, 0) is 27.4 Å². The van der Waals surface area contributed by atoms with Crippen LogP contribution in [0.2, 0.25) is 0 Å². The minimum atomic E-state index is -1.14. The smallest absolute Gasteiger partial charge is 0.155 e. The lowest BCUT2D eigenvalue weighted by molar-refractivity contribution is -0.0719. The van der Waals surface area contributed by atoms with Gasteiger partial charge < -0.3 is 14.2 Å². The molecule has 0 saturated carbocycles. The first-order valence-electron chi connectivity index (χ1n) is 9.13. The molecule has 3 nitrogen and oxygen atoms in total. The number of alkyl halides is 1. The Balaban J connectivity index is 1.52. The van der Waals surface area contributed by atoms with Gasteiger partial charge in [0.2, 0.25) is 0 Å². The summed E-state index contributed by atoms with van der Waals surface area (Å²) in [5, 5.41) is 0. The molecule has 1 aliphatic heterocycles. The number of hydrogen-bond donors (Lipinski definition) is 0. The standard InChI is InChI=1S/C22H27FO3/c1-15-4-8-18(9-5-15)12-24-14-20-22(21(23)17(3)26-20)25-13-19-10-6-16(2)7-11-19/h4-11,17,20-22H,12-14H2,1-3H3/t17?,20-,21-,22-/m1/s1. The van der Waals surface area contributed by atoms with Crippen LogP contribution in [0.1, 0.15) is 29.2 Å². The molecule has 0 radical (unpaired) electrons. The summed E-state index contributed by atoms with van der Waals surface area (Å²) in [6.07, 6.45) is -2.63. The Morgan fingerprint density at radius 2 is 1.42 bits per heavy atom. The van der Waals surface area contributed by atoms with Gasteiger partial charge in [0.25, 0.3) is 0 Å². The van der Waals surface area contributed by atoms with Crippen molar-refractivity contribution in [3.05, 3.63) is 70.8 Å². The minimum Gasteiger partial charge on any atom is -0.374 e. The summed E-state index contributed by atoms with van der Waals surface area (Å²) in [6, 6.07) is 16.3. The normalized spacial score (nSPS) is 25.5. The van der Waals surface area contributed by atoms with Gasteiger partial charge in [0.15, 0.2) is 6.17 Å². The van der Waals surface area contributed by atoms with Gasteiger partial charge in [-0.05, 0) is 31.9 Å². The van der Waals surface area contributed by atoms with Crippen molar-refractivity contribution >= 4 is 0 Å². The molecule has 1 heterocycles. The second-order valence-corrected chi connectivity index (χ2v) is 7.09. The van der Waals surface area contributed by atoms with E-state index in [1.54, 1.807) is 6.92 Å². The largest absolute Gasteiger partial charge is 0.374 e. The minimum absolute atomic E-state index is 0.317. The topological polar surface area (TPSA) is 27.7 Å². The number of aryl methyl sites for hydroxylation is 2. The highest BCUT2D eigenvalue weighted by Crippen LogP contribution is 2.28. The molecule has 0 amide bonds. The van der Waals surface area contributed by atoms with Crippen molar-refractivity contribution in [2.45, 2.75) is 58.5 Å². The third-order valence-corrected chi connectivity index (χ3v) is 4.75. The monoisotopic (exact) mass is 358 g/mol. The van der Waals surface area contributed by atoms with Crippen molar-refractivity contribution in [3.8, 4) is 0 Å². The third kappa shape index (κ3) is 4.91. The Bertz CT molecular complexity index is 684. The van der Waals surface area contributed by atoms with Crippen LogP contribution in [-0.4, -0.2) is 31.1 Å². The number of benzene rings is 2. The van der Waals surface area contributed by atoms with Crippen LogP contribution >= 0.6 is 0 Å². The summed E-state index contributed by atoms with van der Waals surface area (Å²) in [5.74, 6) is 0. The predicted molar refractivity (Wildman–Crippen MR) is 99.8 cm³/mol. The molecule has 0 aliphatic carbocycles. The van der Waals surface area contributed by atoms with Gasteiger partial charge >= 0.3 is 0 Å². The van der Waals surface area contributed by atoms with Gasteiger partial charge in [0.1, 0.15) is 12.2 Å². The predicted octanol–water partition coefficient (Wildman–Crippen LogP) is 4.53. The molecule has 3 rings (SSSR count). The van der Waals surface area contributed by atoms with Gasteiger partial charge in [0.05, 0.1) is 25.9 Å². The molecule has 140 valence electrons. The van der Waals surface area contributed by atoms with Gasteiger partial charge in [-0.3, -0.25) is 0 Å². The molecule has 4 heteroatoms. The third-order valence-electron chi connectivity index (χ3n) is 4.75. The first-order chi connectivity index (χ1) is 12.5. The van der Waals surface area contributed by atoms with Gasteiger partial charge in [0, 0.05) is 0 Å². The highest BCUT2D eigenvalue weighted by atomic mass is 19.1. The molecule has 0 N–H and O–H groups in total. The van der Waals surface area contributed by atoms with Crippen LogP contribution < -0.4 is 0 Å². The van der Waals surface area contributed by atoms with E-state index in [-0.39, 0.29) is 0 Å². The summed E-state index contributed by atoms with van der Waals surface area (Å²) in [4.78, 5) is 0. The lowest BCUT2D eigenvalue weighted by Crippen LogP contribution is -2.34. The van der Waals surface area contributed by atoms with Gasteiger partial charge in [-0.2, -0.15) is 0 Å². The zero-order valence-electron chi connectivity index (χ0n) is 15.7. The maximum absolute atomic E-state index is 14.5. The van der Waals surface area contributed by atoms with E-state index >= 15 is 0 Å². The van der Waals surface area contributed by atoms with Gasteiger partial charge in [-0.15, -0.1) is 0 Å². The van der Waals surface area contributed by atoms with E-state index < -0.39 is 24.5 Å². The summed E-state index contributed by atoms with van der Waals surface area (Å²) in [6.45, 7) is 7.00. The molecule has 2 aromatic rings. The van der Waals surface area contributed by atoms with E-state index in [0.717, 1.165) is 11.1 Å². The van der Waals surface area contributed by atoms with Crippen LogP contribution in [0.4, 0.5) is 4.39 Å². The Hall–Kier alpha value is -1.75. The molecular weight excluding hydrogens is 331 g/mol. The first kappa shape index (κ1) is 19.0. The zero-order valence-corrected chi connectivity index (χ0v) is 15.7. The average molecular weight is 358 g/mol. The van der Waals surface area contributed by atoms with Crippen LogP contribution in [0, 0.1) is 13.8 Å². The summed E-state index contributed by atoms with van der Waals surface area (Å²) in [5.41, 5.74) is 4.53. The van der Waals surface area contributed by atoms with Crippen LogP contribution in [0.25, 0.3) is 0 Å². The molecule has 0 bridgehead atoms. The van der Waals surface area contributed by atoms with Gasteiger partial charge in [-0.25, -0.2) is 4.39 Å². The maximum Gasteiger partial charge on any atom is 0.155 e. The van der Waals surface area contributed by atoms with Crippen LogP contribution in [0.3, 0.4) is 0 Å². The Labute approximate surface area is 155 Å². The Morgan fingerprint density at radius 3 is 2.00 bits per heavy atom. The lowest BCUT2D eigenvalue weighted by atomic mass is 10.1. The van der Waals surface area contributed by atoms with Crippen molar-refractivity contribution in [2.24, 2.45) is 0 Å². The lowest BCUT2D eigenvalue weighted by Gasteiger charge is -2.20. The van der Waals surface area contributed by atoms with Crippen LogP contribution in [0.15, 0.2) is 48.5 Å². The van der Waals surface area contributed by atoms with E-state index in [1.807, 2.05) is 43.3 Å². The summed E-state index contributed by atoms with van der Waals surface area (Å²) < 4.78 is 31.8. The second-order valence-electron chi connectivity index (χ2n) is 7.09. The van der Waals surface area contributed by atoms with Crippen molar-refractivity contribution in [1.29, 1.82) is 0 Å². The van der Waals surface area contributed by atoms with Crippen molar-refractivity contribution < 1.29 is 18.6 Å². The highest BCUT2D eigenvalue weighted by Gasteiger charge is 2.43. The van der Waals surface area contributed by atoms with E-state index in [4.69, 9.17) is 14.2 Å². The van der Waals surface area contributed by atoms with E-state index in [9.17, 15) is 4.39 Å². The number of halogens is 1. The average Bonchev–Trinajstić information content (AvgIpc) is 2.90. The number of rotatable bonds is 7. The quantitative estimate of drug-likeness (QED) is 0.728. The molecule has 0 aromatic heterocycles. The van der Waals surface area contributed by atoms with Gasteiger partial charge in [-0.1, -0.05) is 59.7 Å². The van der Waals surface area contributed by atoms with E-state index in [0.29, 0.717) is 19.8 Å². The number of ether oxygens (including phenoxy) is 3. The molecule has 26 heavy (non-hydrogen) atoms. The fourth-order valence-electron chi connectivity index (χ4n) is 3.09. The molecule has 1 aliphatic rings. The van der Waals surface area contributed by atoms with Crippen LogP contribution in [0.5, 0.6) is 0 Å². The molecule has 1 fully saturated rings. The fourth-order valence-corrected chi connectivity index (χ4v) is 3.09. The fraction of sp³-hybridized carbons (Fsp3) is 0.455. The Morgan fingerprint density at radius 1 is 0.885 bits per heavy atom. The van der Waals surface area contributed by atoms with Crippen molar-refractivity contribution in [3.63, 3.8) is 0 Å². The molecule has 0 spiro atoms. The van der Waals surface area contributed by atoms with Crippen molar-refractivity contribution in [1.82, 2.24) is 0 Å². The first-order valence-corrected chi connectivity index (χ1v) is 9.13. The molecular formula is C22H27FO3. The molecule has 4 atom stereocenters. The second kappa shape index (κ2) is 8.76. The molecule has 1 unspecified atom stereocenters. The van der Waals surface area contributed by atoms with E-state index in [1.165, 1.54) is 11.1 Å². The summed E-state index contributed by atoms with van der Waals surface area (Å²) in [7, 11) is 0. The summed E-state index contributed by atoms with van der Waals surface area (Å²) >= 11 is 0. The molecule has 1 saturated heterocycles. The Kier molecular flexibility index (Phi) is 6.41. The van der Waals surface area contributed by atoms with E-state index in [2.05, 4.69) is 19.1 Å². The maximum atomic E-state index is 14.5.